The number of nitrogens with zero attached hydrogens (tertiary/aromatic N) is 2. The molecule has 4 nitrogen and oxygen atoms in total. The summed E-state index contributed by atoms with van der Waals surface area (Å²) in [7, 11) is 6.10. The van der Waals surface area contributed by atoms with Crippen molar-refractivity contribution < 1.29 is 0 Å². The van der Waals surface area contributed by atoms with E-state index in [9.17, 15) is 0 Å². The van der Waals surface area contributed by atoms with Gasteiger partial charge in [0.05, 0.1) is 12.1 Å². The number of rotatable bonds is 9. The van der Waals surface area contributed by atoms with Crippen molar-refractivity contribution in [3.8, 4) is 0 Å². The smallest absolute Gasteiger partial charge is 0.111 e. The van der Waals surface area contributed by atoms with Gasteiger partial charge in [-0.2, -0.15) is 11.8 Å². The van der Waals surface area contributed by atoms with E-state index in [4.69, 9.17) is 5.73 Å². The summed E-state index contributed by atoms with van der Waals surface area (Å²) in [5, 5.41) is 3.23. The van der Waals surface area contributed by atoms with E-state index in [-0.39, 0.29) is 6.04 Å². The van der Waals surface area contributed by atoms with Crippen LogP contribution >= 0.6 is 11.8 Å². The van der Waals surface area contributed by atoms with Gasteiger partial charge in [0.2, 0.25) is 0 Å². The maximum atomic E-state index is 6.04. The third-order valence-electron chi connectivity index (χ3n) is 2.68. The molecule has 0 aliphatic carbocycles. The molecule has 17 heavy (non-hydrogen) atoms. The van der Waals surface area contributed by atoms with Crippen LogP contribution in [-0.4, -0.2) is 62.5 Å². The Morgan fingerprint density at radius 3 is 2.53 bits per heavy atom. The lowest BCUT2D eigenvalue weighted by Crippen LogP contribution is -2.40. The summed E-state index contributed by atoms with van der Waals surface area (Å²) in [6.07, 6.45) is 4.19. The molecule has 0 aromatic carbocycles. The van der Waals surface area contributed by atoms with Crippen LogP contribution in [0.25, 0.3) is 0 Å². The predicted octanol–water partition coefficient (Wildman–Crippen LogP) is 1.02. The quantitative estimate of drug-likeness (QED) is 0.480. The van der Waals surface area contributed by atoms with Crippen LogP contribution in [0, 0.1) is 0 Å². The highest BCUT2D eigenvalue weighted by molar-refractivity contribution is 7.98. The number of thioether (sulfide) groups is 1. The van der Waals surface area contributed by atoms with Gasteiger partial charge in [0.25, 0.3) is 0 Å². The topological polar surface area (TPSA) is 53.6 Å². The Morgan fingerprint density at radius 1 is 1.41 bits per heavy atom. The Labute approximate surface area is 110 Å². The number of hydrogen-bond donors (Lipinski definition) is 2. The van der Waals surface area contributed by atoms with Crippen LogP contribution in [0.4, 0.5) is 0 Å². The molecule has 0 rings (SSSR count). The normalized spacial score (nSPS) is 16.2. The van der Waals surface area contributed by atoms with Crippen molar-refractivity contribution in [3.63, 3.8) is 0 Å². The summed E-state index contributed by atoms with van der Waals surface area (Å²) in [4.78, 5) is 6.74. The molecule has 0 spiro atoms. The molecule has 0 aliphatic rings. The van der Waals surface area contributed by atoms with Crippen LogP contribution in [0.3, 0.4) is 0 Å². The van der Waals surface area contributed by atoms with Gasteiger partial charge in [-0.05, 0) is 59.5 Å². The lowest BCUT2D eigenvalue weighted by atomic mass is 10.2. The lowest BCUT2D eigenvalue weighted by molar-refractivity contribution is 0.386. The number of hydrogen-bond acceptors (Lipinski definition) is 4. The van der Waals surface area contributed by atoms with E-state index in [1.54, 1.807) is 0 Å². The highest BCUT2D eigenvalue weighted by Gasteiger charge is 2.11. The van der Waals surface area contributed by atoms with Crippen molar-refractivity contribution >= 4 is 17.6 Å². The highest BCUT2D eigenvalue weighted by Crippen LogP contribution is 2.03. The molecular formula is C12H28N4S. The predicted molar refractivity (Wildman–Crippen MR) is 80.1 cm³/mol. The largest absolute Gasteiger partial charge is 0.386 e. The molecule has 2 atom stereocenters. The SMILES string of the molecule is CNC(CCSC)C(N)=NC(C)CCN(C)C. The third-order valence-corrected chi connectivity index (χ3v) is 3.32. The molecule has 0 aliphatic heterocycles. The highest BCUT2D eigenvalue weighted by atomic mass is 32.2. The molecule has 0 bridgehead atoms. The number of likely N-dealkylation sites (N-methyl/N-ethyl adjacent to an activating group) is 1. The molecule has 2 unspecified atom stereocenters. The van der Waals surface area contributed by atoms with Crippen molar-refractivity contribution in [3.05, 3.63) is 0 Å². The molecule has 0 amide bonds. The Balaban J connectivity index is 4.17. The van der Waals surface area contributed by atoms with E-state index >= 15 is 0 Å². The molecule has 5 heteroatoms. The summed E-state index contributed by atoms with van der Waals surface area (Å²) >= 11 is 1.84. The van der Waals surface area contributed by atoms with Gasteiger partial charge in [-0.15, -0.1) is 0 Å². The van der Waals surface area contributed by atoms with Gasteiger partial charge in [0, 0.05) is 0 Å². The van der Waals surface area contributed by atoms with E-state index in [1.165, 1.54) is 0 Å². The zero-order valence-corrected chi connectivity index (χ0v) is 12.7. The molecule has 0 aromatic rings. The first kappa shape index (κ1) is 16.7. The molecule has 0 aromatic heterocycles. The first-order valence-corrected chi connectivity index (χ1v) is 7.54. The minimum Gasteiger partial charge on any atom is -0.386 e. The number of aliphatic imine (C=N–C) groups is 1. The van der Waals surface area contributed by atoms with Crippen molar-refractivity contribution in [1.82, 2.24) is 10.2 Å². The Bertz CT molecular complexity index is 219. The lowest BCUT2D eigenvalue weighted by Gasteiger charge is -2.18. The first-order valence-electron chi connectivity index (χ1n) is 6.15. The average molecular weight is 260 g/mol. The molecule has 3 N–H and O–H groups in total. The Hall–Kier alpha value is -0.260. The molecule has 0 saturated heterocycles. The van der Waals surface area contributed by atoms with E-state index < -0.39 is 0 Å². The van der Waals surface area contributed by atoms with Gasteiger partial charge in [0.1, 0.15) is 5.84 Å². The second-order valence-electron chi connectivity index (χ2n) is 4.62. The summed E-state index contributed by atoms with van der Waals surface area (Å²) in [6.45, 7) is 3.17. The summed E-state index contributed by atoms with van der Waals surface area (Å²) < 4.78 is 0. The van der Waals surface area contributed by atoms with Crippen molar-refractivity contribution in [2.45, 2.75) is 31.8 Å². The number of nitrogens with one attached hydrogen (secondary N) is 1. The van der Waals surface area contributed by atoms with Crippen LogP contribution in [0.15, 0.2) is 4.99 Å². The second-order valence-corrected chi connectivity index (χ2v) is 5.60. The van der Waals surface area contributed by atoms with Gasteiger partial charge < -0.3 is 16.0 Å². The molecule has 0 heterocycles. The van der Waals surface area contributed by atoms with Crippen molar-refractivity contribution in [1.29, 1.82) is 0 Å². The number of nitrogens with two attached hydrogens (primary N) is 1. The standard InChI is InChI=1S/C12H28N4S/c1-10(6-8-16(3)4)15-12(13)11(14-2)7-9-17-5/h10-11,14H,6-9H2,1-5H3,(H2,13,15). The van der Waals surface area contributed by atoms with Crippen LogP contribution in [0.2, 0.25) is 0 Å². The van der Waals surface area contributed by atoms with Crippen LogP contribution < -0.4 is 11.1 Å². The van der Waals surface area contributed by atoms with Gasteiger partial charge >= 0.3 is 0 Å². The van der Waals surface area contributed by atoms with E-state index in [1.807, 2.05) is 18.8 Å². The molecular weight excluding hydrogens is 232 g/mol. The zero-order chi connectivity index (χ0) is 13.3. The van der Waals surface area contributed by atoms with Crippen molar-refractivity contribution in [2.75, 3.05) is 39.7 Å². The van der Waals surface area contributed by atoms with Gasteiger partial charge in [-0.1, -0.05) is 0 Å². The summed E-state index contributed by atoms with van der Waals surface area (Å²) in [6, 6.07) is 0.506. The van der Waals surface area contributed by atoms with Crippen LogP contribution in [0.5, 0.6) is 0 Å². The van der Waals surface area contributed by atoms with Gasteiger partial charge in [0.15, 0.2) is 0 Å². The zero-order valence-electron chi connectivity index (χ0n) is 11.9. The average Bonchev–Trinajstić information content (AvgIpc) is 2.27. The molecule has 0 saturated carbocycles. The first-order chi connectivity index (χ1) is 8.01. The van der Waals surface area contributed by atoms with Crippen LogP contribution in [-0.2, 0) is 0 Å². The van der Waals surface area contributed by atoms with E-state index in [0.29, 0.717) is 6.04 Å². The fourth-order valence-corrected chi connectivity index (χ4v) is 2.00. The minimum atomic E-state index is 0.212. The molecule has 0 radical (unpaired) electrons. The Morgan fingerprint density at radius 2 is 2.06 bits per heavy atom. The summed E-state index contributed by atoms with van der Waals surface area (Å²) in [5.41, 5.74) is 6.04. The fraction of sp³-hybridized carbons (Fsp3) is 0.917. The second kappa shape index (κ2) is 9.74. The van der Waals surface area contributed by atoms with Gasteiger partial charge in [-0.25, -0.2) is 0 Å². The number of amidine groups is 1. The molecule has 0 fully saturated rings. The summed E-state index contributed by atoms with van der Waals surface area (Å²) in [5.74, 6) is 1.85. The van der Waals surface area contributed by atoms with E-state index in [2.05, 4.69) is 42.5 Å². The fourth-order valence-electron chi connectivity index (χ4n) is 1.53. The monoisotopic (exact) mass is 260 g/mol. The maximum Gasteiger partial charge on any atom is 0.111 e. The maximum absolute atomic E-state index is 6.04. The van der Waals surface area contributed by atoms with E-state index in [0.717, 1.165) is 31.0 Å². The van der Waals surface area contributed by atoms with Crippen molar-refractivity contribution in [2.24, 2.45) is 10.7 Å². The van der Waals surface area contributed by atoms with Crippen LogP contribution in [0.1, 0.15) is 19.8 Å². The molecule has 102 valence electrons. The van der Waals surface area contributed by atoms with Gasteiger partial charge in [-0.3, -0.25) is 4.99 Å². The third kappa shape index (κ3) is 8.46. The minimum absolute atomic E-state index is 0.212. The Kier molecular flexibility index (Phi) is 9.59.